The summed E-state index contributed by atoms with van der Waals surface area (Å²) in [4.78, 5) is 0. The maximum atomic E-state index is 2.24. The van der Waals surface area contributed by atoms with Gasteiger partial charge < -0.3 is 4.57 Å². The summed E-state index contributed by atoms with van der Waals surface area (Å²) in [6, 6.07) is 17.2. The number of fused-ring (bicyclic) bond motifs is 1. The highest BCUT2D eigenvalue weighted by Crippen LogP contribution is 2.26. The Morgan fingerprint density at radius 1 is 0.741 bits per heavy atom. The topological polar surface area (TPSA) is 4.93 Å². The van der Waals surface area contributed by atoms with E-state index in [1.807, 2.05) is 27.7 Å². The molecule has 3 aromatic rings. The van der Waals surface area contributed by atoms with Crippen LogP contribution in [0.1, 0.15) is 83.9 Å². The average molecular weight is 368 g/mol. The molecular formula is C26H41N. The molecule has 1 heterocycles. The van der Waals surface area contributed by atoms with E-state index in [-0.39, 0.29) is 0 Å². The highest BCUT2D eigenvalue weighted by atomic mass is 14.9. The number of para-hydroxylation sites is 1. The Balaban J connectivity index is 0.000000434. The van der Waals surface area contributed by atoms with Crippen molar-refractivity contribution in [2.24, 2.45) is 7.05 Å². The summed E-state index contributed by atoms with van der Waals surface area (Å²) in [6.07, 6.45) is 2.23. The third-order valence-corrected chi connectivity index (χ3v) is 4.26. The highest BCUT2D eigenvalue weighted by molar-refractivity contribution is 5.84. The van der Waals surface area contributed by atoms with Crippen LogP contribution < -0.4 is 0 Å². The fourth-order valence-electron chi connectivity index (χ4n) is 2.86. The van der Waals surface area contributed by atoms with Gasteiger partial charge in [-0.2, -0.15) is 0 Å². The largest absolute Gasteiger partial charge is 0.350 e. The summed E-state index contributed by atoms with van der Waals surface area (Å²) in [5.41, 5.74) is 5.55. The zero-order valence-corrected chi connectivity index (χ0v) is 19.3. The van der Waals surface area contributed by atoms with Crippen LogP contribution in [0, 0.1) is 6.92 Å². The van der Waals surface area contributed by atoms with Crippen LogP contribution in [0.25, 0.3) is 10.9 Å². The molecule has 0 aliphatic heterocycles. The van der Waals surface area contributed by atoms with E-state index in [1.165, 1.54) is 27.6 Å². The number of benzene rings is 2. The maximum absolute atomic E-state index is 2.24. The van der Waals surface area contributed by atoms with Crippen LogP contribution in [0.4, 0.5) is 0 Å². The van der Waals surface area contributed by atoms with E-state index in [2.05, 4.69) is 101 Å². The summed E-state index contributed by atoms with van der Waals surface area (Å²) in [5, 5.41) is 1.39. The molecule has 1 nitrogen and oxygen atoms in total. The fraction of sp³-hybridized carbons (Fsp3) is 0.462. The predicted molar refractivity (Wildman–Crippen MR) is 125 cm³/mol. The zero-order valence-electron chi connectivity index (χ0n) is 19.3. The average Bonchev–Trinajstić information content (AvgIpc) is 3.03. The van der Waals surface area contributed by atoms with Gasteiger partial charge in [0.25, 0.3) is 0 Å². The van der Waals surface area contributed by atoms with Gasteiger partial charge in [-0.25, -0.2) is 0 Å². The first-order chi connectivity index (χ1) is 12.9. The number of hydrogen-bond acceptors (Lipinski definition) is 0. The Bertz CT molecular complexity index is 763. The molecule has 0 amide bonds. The highest BCUT2D eigenvalue weighted by Gasteiger charge is 2.07. The van der Waals surface area contributed by atoms with Gasteiger partial charge in [0.2, 0.25) is 0 Å². The molecule has 0 spiro atoms. The molecule has 0 bridgehead atoms. The molecule has 0 aliphatic carbocycles. The van der Waals surface area contributed by atoms with Gasteiger partial charge >= 0.3 is 0 Å². The first kappa shape index (κ1) is 25.0. The molecular weight excluding hydrogens is 326 g/mol. The van der Waals surface area contributed by atoms with E-state index >= 15 is 0 Å². The molecule has 150 valence electrons. The molecule has 0 saturated carbocycles. The third-order valence-electron chi connectivity index (χ3n) is 4.26. The second-order valence-corrected chi connectivity index (χ2v) is 6.94. The van der Waals surface area contributed by atoms with Crippen LogP contribution in [0.3, 0.4) is 0 Å². The summed E-state index contributed by atoms with van der Waals surface area (Å²) < 4.78 is 2.20. The Kier molecular flexibility index (Phi) is 12.2. The molecule has 1 aromatic heterocycles. The van der Waals surface area contributed by atoms with Crippen molar-refractivity contribution in [1.82, 2.24) is 4.57 Å². The minimum absolute atomic E-state index is 0.603. The van der Waals surface area contributed by atoms with E-state index in [0.717, 1.165) is 0 Å². The molecule has 0 radical (unpaired) electrons. The van der Waals surface area contributed by atoms with Crippen LogP contribution >= 0.6 is 0 Å². The molecule has 1 heteroatoms. The normalized spacial score (nSPS) is 9.78. The number of hydrogen-bond donors (Lipinski definition) is 0. The predicted octanol–water partition coefficient (Wildman–Crippen LogP) is 8.47. The summed E-state index contributed by atoms with van der Waals surface area (Å²) in [6.45, 7) is 19.0. The van der Waals surface area contributed by atoms with Gasteiger partial charge in [0.15, 0.2) is 0 Å². The van der Waals surface area contributed by atoms with Crippen molar-refractivity contribution < 1.29 is 0 Å². The van der Waals surface area contributed by atoms with Crippen LogP contribution in [-0.4, -0.2) is 4.57 Å². The third kappa shape index (κ3) is 7.62. The number of nitrogens with zero attached hydrogens (tertiary/aromatic N) is 1. The molecule has 0 fully saturated rings. The molecule has 0 atom stereocenters. The van der Waals surface area contributed by atoms with Crippen LogP contribution in [0.15, 0.2) is 54.7 Å². The minimum atomic E-state index is 0.603. The second kappa shape index (κ2) is 13.2. The maximum Gasteiger partial charge on any atom is 0.0480 e. The number of aromatic nitrogens is 1. The molecule has 0 aliphatic rings. The Labute approximate surface area is 168 Å². The van der Waals surface area contributed by atoms with E-state index in [1.54, 1.807) is 0 Å². The molecule has 27 heavy (non-hydrogen) atoms. The summed E-state index contributed by atoms with van der Waals surface area (Å²) >= 11 is 0. The summed E-state index contributed by atoms with van der Waals surface area (Å²) in [7, 11) is 2.11. The van der Waals surface area contributed by atoms with Gasteiger partial charge in [-0.05, 0) is 36.0 Å². The SMILES string of the molecule is CC.CC.CC(C)c1cn(C)c2ccccc12.Cc1cccc(C(C)C)c1. The van der Waals surface area contributed by atoms with Gasteiger partial charge in [-0.1, -0.05) is 103 Å². The molecule has 0 N–H and O–H groups in total. The van der Waals surface area contributed by atoms with Crippen molar-refractivity contribution in [2.45, 2.75) is 74.1 Å². The van der Waals surface area contributed by atoms with Gasteiger partial charge in [0.05, 0.1) is 0 Å². The van der Waals surface area contributed by atoms with E-state index in [0.29, 0.717) is 11.8 Å². The van der Waals surface area contributed by atoms with Gasteiger partial charge in [-0.15, -0.1) is 0 Å². The van der Waals surface area contributed by atoms with E-state index in [9.17, 15) is 0 Å². The molecule has 0 unspecified atom stereocenters. The Morgan fingerprint density at radius 2 is 1.33 bits per heavy atom. The first-order valence-corrected chi connectivity index (χ1v) is 10.5. The van der Waals surface area contributed by atoms with Gasteiger partial charge in [0.1, 0.15) is 0 Å². The fourth-order valence-corrected chi connectivity index (χ4v) is 2.86. The Hall–Kier alpha value is -2.02. The monoisotopic (exact) mass is 367 g/mol. The molecule has 3 rings (SSSR count). The van der Waals surface area contributed by atoms with E-state index < -0.39 is 0 Å². The lowest BCUT2D eigenvalue weighted by Crippen LogP contribution is -1.86. The van der Waals surface area contributed by atoms with Crippen molar-refractivity contribution in [3.63, 3.8) is 0 Å². The van der Waals surface area contributed by atoms with Crippen molar-refractivity contribution in [3.8, 4) is 0 Å². The lowest BCUT2D eigenvalue weighted by molar-refractivity contribution is 0.857. The van der Waals surface area contributed by atoms with Crippen LogP contribution in [0.5, 0.6) is 0 Å². The molecule has 2 aromatic carbocycles. The molecule has 0 saturated heterocycles. The van der Waals surface area contributed by atoms with Crippen molar-refractivity contribution >= 4 is 10.9 Å². The van der Waals surface area contributed by atoms with Crippen molar-refractivity contribution in [2.75, 3.05) is 0 Å². The van der Waals surface area contributed by atoms with Gasteiger partial charge in [0, 0.05) is 24.1 Å². The van der Waals surface area contributed by atoms with Gasteiger partial charge in [-0.3, -0.25) is 0 Å². The van der Waals surface area contributed by atoms with E-state index in [4.69, 9.17) is 0 Å². The second-order valence-electron chi connectivity index (χ2n) is 6.94. The lowest BCUT2D eigenvalue weighted by Gasteiger charge is -2.04. The standard InChI is InChI=1S/C12H15N.C10H14.2C2H6/c1-9(2)11-8-13(3)12-7-5-4-6-10(11)12;1-8(2)10-6-4-5-9(3)7-10;2*1-2/h4-9H,1-3H3;4-8H,1-3H3;2*1-2H3. The smallest absolute Gasteiger partial charge is 0.0480 e. The lowest BCUT2D eigenvalue weighted by atomic mass is 10.0. The van der Waals surface area contributed by atoms with Crippen molar-refractivity contribution in [3.05, 3.63) is 71.4 Å². The van der Waals surface area contributed by atoms with Crippen LogP contribution in [0.2, 0.25) is 0 Å². The van der Waals surface area contributed by atoms with Crippen LogP contribution in [-0.2, 0) is 7.05 Å². The van der Waals surface area contributed by atoms with Crippen molar-refractivity contribution in [1.29, 1.82) is 0 Å². The number of rotatable bonds is 2. The Morgan fingerprint density at radius 3 is 1.81 bits per heavy atom. The number of aryl methyl sites for hydroxylation is 2. The summed E-state index contributed by atoms with van der Waals surface area (Å²) in [5.74, 6) is 1.26. The zero-order chi connectivity index (χ0) is 21.0. The quantitative estimate of drug-likeness (QED) is 0.428. The minimum Gasteiger partial charge on any atom is -0.350 e. The first-order valence-electron chi connectivity index (χ1n) is 10.5.